The summed E-state index contributed by atoms with van der Waals surface area (Å²) in [5.74, 6) is 1.05. The Labute approximate surface area is 148 Å². The van der Waals surface area contributed by atoms with E-state index in [2.05, 4.69) is 82.3 Å². The molecule has 0 saturated carbocycles. The largest absolute Gasteiger partial charge is 0.279 e. The monoisotopic (exact) mass is 331 g/mol. The molecule has 4 rings (SSSR count). The van der Waals surface area contributed by atoms with Gasteiger partial charge in [0.25, 0.3) is 0 Å². The quantitative estimate of drug-likeness (QED) is 0.418. The molecular weight excluding hydrogens is 306 g/mol. The summed E-state index contributed by atoms with van der Waals surface area (Å²) in [7, 11) is 0. The van der Waals surface area contributed by atoms with Gasteiger partial charge in [-0.25, -0.2) is 9.97 Å². The van der Waals surface area contributed by atoms with Crippen molar-refractivity contribution in [1.29, 1.82) is 0 Å². The van der Waals surface area contributed by atoms with E-state index < -0.39 is 0 Å². The van der Waals surface area contributed by atoms with Crippen LogP contribution in [0.5, 0.6) is 0 Å². The number of benzene rings is 2. The highest BCUT2D eigenvalue weighted by atomic mass is 15.1. The maximum atomic E-state index is 5.09. The fourth-order valence-electron chi connectivity index (χ4n) is 3.37. The summed E-state index contributed by atoms with van der Waals surface area (Å²) in [6, 6.07) is 14.9. The lowest BCUT2D eigenvalue weighted by atomic mass is 9.86. The third-order valence-electron chi connectivity index (χ3n) is 4.77. The Morgan fingerprint density at radius 2 is 1.48 bits per heavy atom. The van der Waals surface area contributed by atoms with E-state index in [1.165, 1.54) is 5.56 Å². The van der Waals surface area contributed by atoms with Crippen LogP contribution in [0.2, 0.25) is 0 Å². The average Bonchev–Trinajstić information content (AvgIpc) is 2.91. The zero-order valence-electron chi connectivity index (χ0n) is 15.9. The van der Waals surface area contributed by atoms with Crippen molar-refractivity contribution in [2.24, 2.45) is 0 Å². The summed E-state index contributed by atoms with van der Waals surface area (Å²) in [5, 5.41) is 1.11. The van der Waals surface area contributed by atoms with Crippen molar-refractivity contribution < 1.29 is 0 Å². The molecule has 0 aliphatic rings. The van der Waals surface area contributed by atoms with Gasteiger partial charge in [0, 0.05) is 10.8 Å². The lowest BCUT2D eigenvalue weighted by Crippen LogP contribution is -2.19. The molecule has 0 aliphatic carbocycles. The van der Waals surface area contributed by atoms with E-state index in [9.17, 15) is 0 Å². The van der Waals surface area contributed by atoms with Gasteiger partial charge in [-0.2, -0.15) is 0 Å². The normalized spacial score (nSPS) is 13.2. The first kappa shape index (κ1) is 16.1. The topological polar surface area (TPSA) is 30.2 Å². The van der Waals surface area contributed by atoms with Crippen LogP contribution in [0.25, 0.3) is 27.6 Å². The van der Waals surface area contributed by atoms with Crippen molar-refractivity contribution >= 4 is 27.6 Å². The van der Waals surface area contributed by atoms with Gasteiger partial charge in [0.15, 0.2) is 0 Å². The molecule has 0 N–H and O–H groups in total. The predicted octanol–water partition coefficient (Wildman–Crippen LogP) is 5.63. The maximum Gasteiger partial charge on any atom is 0.148 e. The molecule has 25 heavy (non-hydrogen) atoms. The first-order valence-corrected chi connectivity index (χ1v) is 8.88. The zero-order valence-corrected chi connectivity index (χ0v) is 15.9. The fraction of sp³-hybridized carbons (Fsp3) is 0.364. The second-order valence-corrected chi connectivity index (χ2v) is 8.93. The lowest BCUT2D eigenvalue weighted by Gasteiger charge is -2.22. The van der Waals surface area contributed by atoms with Gasteiger partial charge in [-0.1, -0.05) is 59.7 Å². The summed E-state index contributed by atoms with van der Waals surface area (Å²) in [6.07, 6.45) is 0. The van der Waals surface area contributed by atoms with Crippen LogP contribution in [0.3, 0.4) is 0 Å². The van der Waals surface area contributed by atoms with Crippen LogP contribution in [-0.4, -0.2) is 14.4 Å². The molecule has 4 aromatic rings. The molecule has 0 saturated heterocycles. The highest BCUT2D eigenvalue weighted by Crippen LogP contribution is 2.32. The highest BCUT2D eigenvalue weighted by molar-refractivity contribution is 5.96. The van der Waals surface area contributed by atoms with Gasteiger partial charge in [-0.15, -0.1) is 0 Å². The van der Waals surface area contributed by atoms with Crippen molar-refractivity contribution in [3.8, 4) is 0 Å². The van der Waals surface area contributed by atoms with Crippen LogP contribution in [0.15, 0.2) is 42.5 Å². The first-order valence-electron chi connectivity index (χ1n) is 8.88. The molecule has 2 aromatic carbocycles. The predicted molar refractivity (Wildman–Crippen MR) is 105 cm³/mol. The number of aromatic nitrogens is 3. The molecule has 128 valence electrons. The van der Waals surface area contributed by atoms with Gasteiger partial charge in [-0.3, -0.25) is 4.40 Å². The Kier molecular flexibility index (Phi) is 3.24. The third-order valence-corrected chi connectivity index (χ3v) is 4.77. The molecular formula is C22H25N3. The lowest BCUT2D eigenvalue weighted by molar-refractivity contribution is 0.542. The van der Waals surface area contributed by atoms with Gasteiger partial charge in [0.2, 0.25) is 0 Å². The van der Waals surface area contributed by atoms with E-state index in [0.29, 0.717) is 0 Å². The van der Waals surface area contributed by atoms with Gasteiger partial charge >= 0.3 is 0 Å². The van der Waals surface area contributed by atoms with Gasteiger partial charge < -0.3 is 0 Å². The molecule has 3 nitrogen and oxygen atoms in total. The number of hydrogen-bond donors (Lipinski definition) is 0. The van der Waals surface area contributed by atoms with E-state index in [4.69, 9.17) is 9.97 Å². The summed E-state index contributed by atoms with van der Waals surface area (Å²) >= 11 is 0. The molecule has 0 radical (unpaired) electrons. The van der Waals surface area contributed by atoms with E-state index in [0.717, 1.165) is 33.4 Å². The SMILES string of the molecule is CC(C)(C)c1ccc2c(c1)nc(C(C)(C)C)n1c3ccccc3nc21. The van der Waals surface area contributed by atoms with Gasteiger partial charge in [0.1, 0.15) is 11.5 Å². The van der Waals surface area contributed by atoms with Crippen molar-refractivity contribution in [2.45, 2.75) is 52.4 Å². The Hall–Kier alpha value is -2.42. The number of rotatable bonds is 0. The molecule has 0 spiro atoms. The number of imidazole rings is 1. The van der Waals surface area contributed by atoms with Crippen molar-refractivity contribution in [1.82, 2.24) is 14.4 Å². The Bertz CT molecular complexity index is 1110. The summed E-state index contributed by atoms with van der Waals surface area (Å²) < 4.78 is 2.23. The molecule has 0 amide bonds. The molecule has 0 unspecified atom stereocenters. The number of fused-ring (bicyclic) bond motifs is 5. The Balaban J connectivity index is 2.21. The minimum Gasteiger partial charge on any atom is -0.279 e. The number of para-hydroxylation sites is 2. The molecule has 2 heterocycles. The summed E-state index contributed by atoms with van der Waals surface area (Å²) in [6.45, 7) is 13.3. The van der Waals surface area contributed by atoms with E-state index >= 15 is 0 Å². The summed E-state index contributed by atoms with van der Waals surface area (Å²) in [5.41, 5.74) is 5.49. The molecule has 2 aromatic heterocycles. The highest BCUT2D eigenvalue weighted by Gasteiger charge is 2.24. The second kappa shape index (κ2) is 5.04. The van der Waals surface area contributed by atoms with Crippen LogP contribution in [0.1, 0.15) is 52.9 Å². The first-order chi connectivity index (χ1) is 11.7. The minimum atomic E-state index is -0.0757. The van der Waals surface area contributed by atoms with Crippen molar-refractivity contribution in [3.05, 3.63) is 53.9 Å². The van der Waals surface area contributed by atoms with Gasteiger partial charge in [0.05, 0.1) is 16.6 Å². The Morgan fingerprint density at radius 1 is 0.760 bits per heavy atom. The van der Waals surface area contributed by atoms with Crippen molar-refractivity contribution in [2.75, 3.05) is 0 Å². The van der Waals surface area contributed by atoms with Crippen molar-refractivity contribution in [3.63, 3.8) is 0 Å². The molecule has 0 aliphatic heterocycles. The van der Waals surface area contributed by atoms with Crippen LogP contribution in [0, 0.1) is 0 Å². The van der Waals surface area contributed by atoms with Gasteiger partial charge in [-0.05, 0) is 35.2 Å². The molecule has 0 atom stereocenters. The number of hydrogen-bond acceptors (Lipinski definition) is 2. The smallest absolute Gasteiger partial charge is 0.148 e. The average molecular weight is 331 g/mol. The zero-order chi connectivity index (χ0) is 18.0. The standard InChI is InChI=1S/C22H25N3/c1-21(2,3)14-11-12-15-17(13-14)24-20(22(4,5)6)25-18-10-8-7-9-16(18)23-19(15)25/h7-13H,1-6H3. The second-order valence-electron chi connectivity index (χ2n) is 8.93. The third kappa shape index (κ3) is 2.50. The summed E-state index contributed by atoms with van der Waals surface area (Å²) in [4.78, 5) is 10.0. The molecule has 0 bridgehead atoms. The molecule has 0 fully saturated rings. The van der Waals surface area contributed by atoms with Crippen LogP contribution in [-0.2, 0) is 10.8 Å². The maximum absolute atomic E-state index is 5.09. The minimum absolute atomic E-state index is 0.0757. The van der Waals surface area contributed by atoms with Crippen LogP contribution < -0.4 is 0 Å². The molecule has 3 heteroatoms. The van der Waals surface area contributed by atoms with E-state index in [-0.39, 0.29) is 10.8 Å². The van der Waals surface area contributed by atoms with Crippen LogP contribution in [0.4, 0.5) is 0 Å². The Morgan fingerprint density at radius 3 is 2.16 bits per heavy atom. The fourth-order valence-corrected chi connectivity index (χ4v) is 3.37. The van der Waals surface area contributed by atoms with E-state index in [1.807, 2.05) is 6.07 Å². The number of nitrogens with zero attached hydrogens (tertiary/aromatic N) is 3. The van der Waals surface area contributed by atoms with E-state index in [1.54, 1.807) is 0 Å². The van der Waals surface area contributed by atoms with Crippen LogP contribution >= 0.6 is 0 Å².